The van der Waals surface area contributed by atoms with Gasteiger partial charge >= 0.3 is 23.9 Å². The van der Waals surface area contributed by atoms with Gasteiger partial charge in [0.25, 0.3) is 5.56 Å². The predicted octanol–water partition coefficient (Wildman–Crippen LogP) is -1.45. The van der Waals surface area contributed by atoms with Crippen LogP contribution in [0.2, 0.25) is 0 Å². The van der Waals surface area contributed by atoms with Crippen molar-refractivity contribution < 1.29 is 43.7 Å². The van der Waals surface area contributed by atoms with Crippen LogP contribution in [0.1, 0.15) is 50.6 Å². The van der Waals surface area contributed by atoms with E-state index in [2.05, 4.69) is 25.3 Å². The first-order chi connectivity index (χ1) is 20.4. The Morgan fingerprint density at radius 1 is 1.19 bits per heavy atom. The molecule has 0 radical (unpaired) electrons. The minimum atomic E-state index is -1.46. The van der Waals surface area contributed by atoms with Crippen LogP contribution in [-0.4, -0.2) is 83.3 Å². The summed E-state index contributed by atoms with van der Waals surface area (Å²) in [5.74, 6) is -6.27. The molecular weight excluding hydrogens is 572 g/mol. The molecule has 1 unspecified atom stereocenters. The lowest BCUT2D eigenvalue weighted by Crippen LogP contribution is -2.44. The van der Waals surface area contributed by atoms with Gasteiger partial charge in [-0.2, -0.15) is 4.98 Å². The number of ether oxygens (including phenoxy) is 1. The summed E-state index contributed by atoms with van der Waals surface area (Å²) in [6.45, 7) is -0.0298. The van der Waals surface area contributed by atoms with E-state index in [0.29, 0.717) is 17.8 Å². The minimum Gasteiger partial charge on any atom is -0.481 e. The van der Waals surface area contributed by atoms with Crippen molar-refractivity contribution in [3.63, 3.8) is 0 Å². The van der Waals surface area contributed by atoms with E-state index in [1.165, 1.54) is 11.1 Å². The van der Waals surface area contributed by atoms with E-state index in [0.717, 1.165) is 0 Å². The van der Waals surface area contributed by atoms with E-state index in [4.69, 9.17) is 26.4 Å². The first kappa shape index (κ1) is 32.3. The summed E-state index contributed by atoms with van der Waals surface area (Å²) >= 11 is 0. The number of carboxylic acids is 2. The van der Waals surface area contributed by atoms with Crippen LogP contribution in [-0.2, 0) is 40.0 Å². The number of aliphatic carboxylic acids is 2. The Hall–Kier alpha value is -5.26. The molecule has 1 aliphatic carbocycles. The highest BCUT2D eigenvalue weighted by Crippen LogP contribution is 2.27. The molecule has 0 saturated heterocycles. The Morgan fingerprint density at radius 2 is 1.93 bits per heavy atom. The average molecular weight is 603 g/mol. The van der Waals surface area contributed by atoms with Gasteiger partial charge in [0, 0.05) is 18.5 Å². The number of aromatic amines is 1. The van der Waals surface area contributed by atoms with Crippen LogP contribution in [0.3, 0.4) is 0 Å². The van der Waals surface area contributed by atoms with E-state index in [1.54, 1.807) is 6.08 Å². The molecule has 1 aliphatic rings. The Labute approximate surface area is 242 Å². The van der Waals surface area contributed by atoms with E-state index < -0.39 is 59.8 Å². The molecular formula is C25H30N8O10. The number of hydrogen-bond acceptors (Lipinski definition) is 13. The zero-order chi connectivity index (χ0) is 31.7. The second-order valence-electron chi connectivity index (χ2n) is 9.66. The molecule has 8 N–H and O–H groups in total. The molecule has 230 valence electrons. The quantitative estimate of drug-likeness (QED) is 0.0818. The number of carbonyl (C=O) groups excluding carboxylic acids is 4. The number of H-pyrrole nitrogens is 1. The monoisotopic (exact) mass is 602 g/mol. The summed E-state index contributed by atoms with van der Waals surface area (Å²) in [6, 6.07) is -2.77. The Balaban J connectivity index is 1.60. The van der Waals surface area contributed by atoms with Crippen molar-refractivity contribution in [3.8, 4) is 0 Å². The third-order valence-electron chi connectivity index (χ3n) is 6.50. The van der Waals surface area contributed by atoms with E-state index >= 15 is 0 Å². The number of nitrogens with two attached hydrogens (primary N) is 2. The molecule has 0 saturated carbocycles. The standard InChI is InChI=1S/C25H30N8O10/c26-15(22(39)40)5-7-17(35)30-16(6-8-18(36)37)24(42)43-23(41)12-1-3-14(4-2-12)33(11-34)10-13-9-28-20-19(29-13)21(38)32-25(27)31-20/h3,9,11-12,15-16H,1-2,4-8,10,26H2,(H,30,35)(H,36,37)(H,39,40)(H3,27,28,31,32,38)/t12?,15-,16-/m0/s1. The topological polar surface area (TPSA) is 291 Å². The van der Waals surface area contributed by atoms with Crippen LogP contribution >= 0.6 is 0 Å². The molecule has 0 fully saturated rings. The van der Waals surface area contributed by atoms with Crippen molar-refractivity contribution in [2.75, 3.05) is 5.73 Å². The second-order valence-corrected chi connectivity index (χ2v) is 9.66. The van der Waals surface area contributed by atoms with Crippen LogP contribution in [0, 0.1) is 5.92 Å². The number of anilines is 1. The fourth-order valence-corrected chi connectivity index (χ4v) is 4.17. The summed E-state index contributed by atoms with van der Waals surface area (Å²) in [5.41, 5.74) is 11.1. The number of esters is 2. The molecule has 2 heterocycles. The first-order valence-electron chi connectivity index (χ1n) is 13.0. The van der Waals surface area contributed by atoms with Crippen molar-refractivity contribution in [1.29, 1.82) is 0 Å². The van der Waals surface area contributed by atoms with Gasteiger partial charge in [0.05, 0.1) is 24.4 Å². The van der Waals surface area contributed by atoms with Crippen molar-refractivity contribution >= 4 is 53.3 Å². The normalized spacial score (nSPS) is 15.9. The van der Waals surface area contributed by atoms with Gasteiger partial charge in [0.2, 0.25) is 18.3 Å². The van der Waals surface area contributed by atoms with Gasteiger partial charge in [0.15, 0.2) is 11.2 Å². The predicted molar refractivity (Wildman–Crippen MR) is 144 cm³/mol. The maximum Gasteiger partial charge on any atom is 0.336 e. The summed E-state index contributed by atoms with van der Waals surface area (Å²) in [4.78, 5) is 99.1. The number of nitrogens with one attached hydrogen (secondary N) is 2. The Kier molecular flexibility index (Phi) is 10.9. The van der Waals surface area contributed by atoms with Gasteiger partial charge in [-0.05, 0) is 32.1 Å². The maximum absolute atomic E-state index is 12.7. The first-order valence-corrected chi connectivity index (χ1v) is 13.0. The highest BCUT2D eigenvalue weighted by atomic mass is 16.6. The molecule has 0 aromatic carbocycles. The lowest BCUT2D eigenvalue weighted by atomic mass is 9.92. The number of hydrogen-bond donors (Lipinski definition) is 6. The lowest BCUT2D eigenvalue weighted by Gasteiger charge is -2.26. The third-order valence-corrected chi connectivity index (χ3v) is 6.50. The minimum absolute atomic E-state index is 0.0298. The molecule has 18 nitrogen and oxygen atoms in total. The van der Waals surface area contributed by atoms with E-state index in [-0.39, 0.29) is 62.2 Å². The molecule has 2 aromatic rings. The van der Waals surface area contributed by atoms with Crippen LogP contribution in [0.5, 0.6) is 0 Å². The van der Waals surface area contributed by atoms with Crippen molar-refractivity contribution in [1.82, 2.24) is 30.2 Å². The molecule has 2 amide bonds. The lowest BCUT2D eigenvalue weighted by molar-refractivity contribution is -0.165. The van der Waals surface area contributed by atoms with Crippen LogP contribution in [0.4, 0.5) is 5.95 Å². The molecule has 43 heavy (non-hydrogen) atoms. The fourth-order valence-electron chi connectivity index (χ4n) is 4.17. The molecule has 3 atom stereocenters. The molecule has 0 spiro atoms. The van der Waals surface area contributed by atoms with Crippen LogP contribution in [0.15, 0.2) is 22.8 Å². The maximum atomic E-state index is 12.7. The summed E-state index contributed by atoms with van der Waals surface area (Å²) in [5, 5.41) is 20.1. The number of aromatic nitrogens is 4. The molecule has 2 aromatic heterocycles. The summed E-state index contributed by atoms with van der Waals surface area (Å²) < 4.78 is 4.94. The zero-order valence-corrected chi connectivity index (χ0v) is 22.7. The van der Waals surface area contributed by atoms with Crippen molar-refractivity contribution in [3.05, 3.63) is 34.0 Å². The van der Waals surface area contributed by atoms with E-state index in [9.17, 15) is 33.6 Å². The SMILES string of the molecule is Nc1nc2ncc(CN(C=O)C3=CCC(C(=O)OC(=O)[C@H](CCC(=O)O)NC(=O)CC[C@H](N)C(=O)O)CC3)nc2c(=O)[nH]1. The van der Waals surface area contributed by atoms with Crippen LogP contribution < -0.4 is 22.3 Å². The number of nitrogens with zero attached hydrogens (tertiary/aromatic N) is 4. The number of nitrogen functional groups attached to an aromatic ring is 1. The average Bonchev–Trinajstić information content (AvgIpc) is 2.96. The van der Waals surface area contributed by atoms with Crippen molar-refractivity contribution in [2.45, 2.75) is 63.6 Å². The third kappa shape index (κ3) is 9.12. The zero-order valence-electron chi connectivity index (χ0n) is 22.7. The van der Waals surface area contributed by atoms with Gasteiger partial charge in [-0.3, -0.25) is 33.8 Å². The number of amides is 2. The number of rotatable bonds is 14. The fraction of sp³-hybridized carbons (Fsp3) is 0.440. The van der Waals surface area contributed by atoms with Crippen LogP contribution in [0.25, 0.3) is 11.2 Å². The Morgan fingerprint density at radius 3 is 2.56 bits per heavy atom. The molecule has 0 bridgehead atoms. The van der Waals surface area contributed by atoms with E-state index in [1.807, 2.05) is 0 Å². The number of carbonyl (C=O) groups is 6. The van der Waals surface area contributed by atoms with Gasteiger partial charge in [0.1, 0.15) is 12.1 Å². The molecule has 3 rings (SSSR count). The number of fused-ring (bicyclic) bond motifs is 1. The molecule has 18 heteroatoms. The highest BCUT2D eigenvalue weighted by Gasteiger charge is 2.31. The highest BCUT2D eigenvalue weighted by molar-refractivity contribution is 5.92. The smallest absolute Gasteiger partial charge is 0.336 e. The number of carboxylic acid groups (broad SMARTS) is 2. The van der Waals surface area contributed by atoms with Gasteiger partial charge in [-0.1, -0.05) is 6.08 Å². The van der Waals surface area contributed by atoms with Gasteiger partial charge in [-0.25, -0.2) is 14.8 Å². The number of allylic oxidation sites excluding steroid dienone is 2. The summed E-state index contributed by atoms with van der Waals surface area (Å²) in [7, 11) is 0. The van der Waals surface area contributed by atoms with Gasteiger partial charge in [-0.15, -0.1) is 0 Å². The Bertz CT molecular complexity index is 1510. The van der Waals surface area contributed by atoms with Crippen molar-refractivity contribution in [2.24, 2.45) is 11.7 Å². The molecule has 0 aliphatic heterocycles. The van der Waals surface area contributed by atoms with Gasteiger partial charge < -0.3 is 36.6 Å². The summed E-state index contributed by atoms with van der Waals surface area (Å²) in [6.07, 6.45) is 2.62. The second kappa shape index (κ2) is 14.6. The largest absolute Gasteiger partial charge is 0.481 e.